The quantitative estimate of drug-likeness (QED) is 0.881. The van der Waals surface area contributed by atoms with Gasteiger partial charge in [0, 0.05) is 12.6 Å². The van der Waals surface area contributed by atoms with E-state index in [4.69, 9.17) is 4.74 Å². The van der Waals surface area contributed by atoms with Crippen molar-refractivity contribution in [2.75, 3.05) is 6.54 Å². The van der Waals surface area contributed by atoms with Gasteiger partial charge in [0.25, 0.3) is 0 Å². The maximum atomic E-state index is 6.03. The topological polar surface area (TPSA) is 34.1 Å². The van der Waals surface area contributed by atoms with E-state index in [1.54, 1.807) is 0 Å². The van der Waals surface area contributed by atoms with Crippen LogP contribution < -0.4 is 10.1 Å². The summed E-state index contributed by atoms with van der Waals surface area (Å²) in [7, 11) is 0. The smallest absolute Gasteiger partial charge is 0.213 e. The fourth-order valence-electron chi connectivity index (χ4n) is 2.54. The van der Waals surface area contributed by atoms with Crippen LogP contribution in [0.15, 0.2) is 18.2 Å². The molecule has 1 fully saturated rings. The van der Waals surface area contributed by atoms with Gasteiger partial charge in [-0.1, -0.05) is 26.8 Å². The Morgan fingerprint density at radius 2 is 2.05 bits per heavy atom. The van der Waals surface area contributed by atoms with Gasteiger partial charge in [0.15, 0.2) is 0 Å². The fraction of sp³-hybridized carbons (Fsp3) is 0.688. The van der Waals surface area contributed by atoms with Crippen LogP contribution in [0, 0.1) is 5.41 Å². The molecule has 3 heteroatoms. The minimum atomic E-state index is 0.343. The monoisotopic (exact) mass is 262 g/mol. The summed E-state index contributed by atoms with van der Waals surface area (Å²) in [6, 6.07) is 6.04. The van der Waals surface area contributed by atoms with Crippen LogP contribution >= 0.6 is 0 Å². The van der Waals surface area contributed by atoms with Crippen LogP contribution in [0.4, 0.5) is 0 Å². The lowest BCUT2D eigenvalue weighted by atomic mass is 9.76. The van der Waals surface area contributed by atoms with E-state index in [2.05, 4.69) is 31.1 Å². The first kappa shape index (κ1) is 14.3. The molecule has 1 aliphatic carbocycles. The zero-order valence-electron chi connectivity index (χ0n) is 12.4. The standard InChI is InChI=1S/C16H26N2O/c1-4-17-12-13-6-5-7-15(18-13)19-14-8-10-16(2,3)11-9-14/h5-7,14,17H,4,8-12H2,1-3H3. The lowest BCUT2D eigenvalue weighted by molar-refractivity contribution is 0.0947. The number of hydrogen-bond donors (Lipinski definition) is 1. The van der Waals surface area contributed by atoms with Gasteiger partial charge in [-0.2, -0.15) is 0 Å². The first-order valence-corrected chi connectivity index (χ1v) is 7.42. The van der Waals surface area contributed by atoms with Crippen molar-refractivity contribution in [3.05, 3.63) is 23.9 Å². The van der Waals surface area contributed by atoms with E-state index >= 15 is 0 Å². The molecule has 0 aliphatic heterocycles. The lowest BCUT2D eigenvalue weighted by Crippen LogP contribution is -2.28. The lowest BCUT2D eigenvalue weighted by Gasteiger charge is -2.34. The number of hydrogen-bond acceptors (Lipinski definition) is 3. The number of nitrogens with one attached hydrogen (secondary N) is 1. The molecule has 0 unspecified atom stereocenters. The van der Waals surface area contributed by atoms with Gasteiger partial charge >= 0.3 is 0 Å². The number of pyridine rings is 1. The van der Waals surface area contributed by atoms with Crippen LogP contribution in [0.5, 0.6) is 5.88 Å². The van der Waals surface area contributed by atoms with Gasteiger partial charge in [-0.15, -0.1) is 0 Å². The van der Waals surface area contributed by atoms with Gasteiger partial charge in [-0.3, -0.25) is 0 Å². The number of rotatable bonds is 5. The van der Waals surface area contributed by atoms with Crippen LogP contribution in [-0.2, 0) is 6.54 Å². The highest BCUT2D eigenvalue weighted by molar-refractivity contribution is 5.16. The zero-order valence-corrected chi connectivity index (χ0v) is 12.4. The molecule has 19 heavy (non-hydrogen) atoms. The van der Waals surface area contributed by atoms with Crippen molar-refractivity contribution in [3.8, 4) is 5.88 Å². The van der Waals surface area contributed by atoms with Gasteiger partial charge in [-0.05, 0) is 43.7 Å². The van der Waals surface area contributed by atoms with Crippen LogP contribution in [0.3, 0.4) is 0 Å². The molecular formula is C16H26N2O. The summed E-state index contributed by atoms with van der Waals surface area (Å²) in [5, 5.41) is 3.29. The van der Waals surface area contributed by atoms with Crippen LogP contribution in [0.2, 0.25) is 0 Å². The molecule has 0 spiro atoms. The molecule has 0 radical (unpaired) electrons. The second kappa shape index (κ2) is 6.38. The summed E-state index contributed by atoms with van der Waals surface area (Å²) in [5.74, 6) is 0.778. The molecule has 0 saturated heterocycles. The molecule has 0 aromatic carbocycles. The second-order valence-corrected chi connectivity index (χ2v) is 6.23. The van der Waals surface area contributed by atoms with Gasteiger partial charge < -0.3 is 10.1 Å². The zero-order chi connectivity index (χ0) is 13.7. The van der Waals surface area contributed by atoms with E-state index in [0.29, 0.717) is 11.5 Å². The molecule has 1 saturated carbocycles. The summed E-state index contributed by atoms with van der Waals surface area (Å²) in [6.07, 6.45) is 5.12. The first-order chi connectivity index (χ1) is 9.09. The van der Waals surface area contributed by atoms with E-state index in [1.165, 1.54) is 12.8 Å². The third-order valence-corrected chi connectivity index (χ3v) is 3.91. The van der Waals surface area contributed by atoms with Crippen molar-refractivity contribution in [3.63, 3.8) is 0 Å². The summed E-state index contributed by atoms with van der Waals surface area (Å²) in [4.78, 5) is 4.56. The van der Waals surface area contributed by atoms with Crippen molar-refractivity contribution in [1.29, 1.82) is 0 Å². The molecule has 0 bridgehead atoms. The third kappa shape index (κ3) is 4.50. The van der Waals surface area contributed by atoms with E-state index < -0.39 is 0 Å². The molecule has 106 valence electrons. The van der Waals surface area contributed by atoms with Gasteiger partial charge in [0.2, 0.25) is 5.88 Å². The Morgan fingerprint density at radius 3 is 2.74 bits per heavy atom. The fourth-order valence-corrected chi connectivity index (χ4v) is 2.54. The number of ether oxygens (including phenoxy) is 1. The average Bonchev–Trinajstić information content (AvgIpc) is 2.39. The molecule has 1 heterocycles. The van der Waals surface area contributed by atoms with Gasteiger partial charge in [0.1, 0.15) is 6.10 Å². The molecule has 0 atom stereocenters. The van der Waals surface area contributed by atoms with Crippen LogP contribution in [-0.4, -0.2) is 17.6 Å². The van der Waals surface area contributed by atoms with Gasteiger partial charge in [0.05, 0.1) is 5.69 Å². The average molecular weight is 262 g/mol. The molecule has 3 nitrogen and oxygen atoms in total. The largest absolute Gasteiger partial charge is 0.474 e. The van der Waals surface area contributed by atoms with E-state index in [1.807, 2.05) is 18.2 Å². The van der Waals surface area contributed by atoms with E-state index in [0.717, 1.165) is 37.5 Å². The summed E-state index contributed by atoms with van der Waals surface area (Å²) >= 11 is 0. The molecule has 1 aromatic heterocycles. The maximum absolute atomic E-state index is 6.03. The van der Waals surface area contributed by atoms with E-state index in [-0.39, 0.29) is 0 Å². The highest BCUT2D eigenvalue weighted by atomic mass is 16.5. The highest BCUT2D eigenvalue weighted by Gasteiger charge is 2.27. The van der Waals surface area contributed by atoms with Crippen molar-refractivity contribution in [2.45, 2.75) is 59.1 Å². The summed E-state index contributed by atoms with van der Waals surface area (Å²) in [6.45, 7) is 8.57. The summed E-state index contributed by atoms with van der Waals surface area (Å²) in [5.41, 5.74) is 1.54. The maximum Gasteiger partial charge on any atom is 0.213 e. The molecule has 2 rings (SSSR count). The minimum Gasteiger partial charge on any atom is -0.474 e. The second-order valence-electron chi connectivity index (χ2n) is 6.23. The van der Waals surface area contributed by atoms with E-state index in [9.17, 15) is 0 Å². The first-order valence-electron chi connectivity index (χ1n) is 7.42. The Hall–Kier alpha value is -1.09. The predicted molar refractivity (Wildman–Crippen MR) is 78.3 cm³/mol. The number of nitrogens with zero attached hydrogens (tertiary/aromatic N) is 1. The van der Waals surface area contributed by atoms with Crippen molar-refractivity contribution >= 4 is 0 Å². The van der Waals surface area contributed by atoms with Crippen LogP contribution in [0.25, 0.3) is 0 Å². The minimum absolute atomic E-state index is 0.343. The Kier molecular flexibility index (Phi) is 4.81. The third-order valence-electron chi connectivity index (χ3n) is 3.91. The van der Waals surface area contributed by atoms with Crippen molar-refractivity contribution in [2.24, 2.45) is 5.41 Å². The SMILES string of the molecule is CCNCc1cccc(OC2CCC(C)(C)CC2)n1. The molecular weight excluding hydrogens is 236 g/mol. The Morgan fingerprint density at radius 1 is 1.32 bits per heavy atom. The number of aromatic nitrogens is 1. The summed E-state index contributed by atoms with van der Waals surface area (Å²) < 4.78 is 6.03. The molecule has 1 aliphatic rings. The molecule has 1 aromatic rings. The Balaban J connectivity index is 1.89. The Bertz CT molecular complexity index is 393. The van der Waals surface area contributed by atoms with Crippen molar-refractivity contribution in [1.82, 2.24) is 10.3 Å². The molecule has 1 N–H and O–H groups in total. The van der Waals surface area contributed by atoms with Crippen LogP contribution in [0.1, 0.15) is 52.1 Å². The predicted octanol–water partition coefficient (Wildman–Crippen LogP) is 3.54. The molecule has 0 amide bonds. The normalized spacial score (nSPS) is 19.3. The van der Waals surface area contributed by atoms with Gasteiger partial charge in [-0.25, -0.2) is 4.98 Å². The Labute approximate surface area is 116 Å². The van der Waals surface area contributed by atoms with Crippen molar-refractivity contribution < 1.29 is 4.74 Å². The highest BCUT2D eigenvalue weighted by Crippen LogP contribution is 2.36.